The van der Waals surface area contributed by atoms with Gasteiger partial charge in [-0.2, -0.15) is 0 Å². The zero-order valence-electron chi connectivity index (χ0n) is 11.2. The van der Waals surface area contributed by atoms with Crippen LogP contribution < -0.4 is 14.8 Å². The van der Waals surface area contributed by atoms with Gasteiger partial charge >= 0.3 is 0 Å². The molecule has 0 radical (unpaired) electrons. The summed E-state index contributed by atoms with van der Waals surface area (Å²) in [4.78, 5) is 11.4. The molecule has 19 heavy (non-hydrogen) atoms. The number of hydrogen-bond acceptors (Lipinski definition) is 3. The summed E-state index contributed by atoms with van der Waals surface area (Å²) in [5.74, 6) is 0.516. The van der Waals surface area contributed by atoms with Gasteiger partial charge in [0.1, 0.15) is 0 Å². The van der Waals surface area contributed by atoms with Crippen molar-refractivity contribution in [2.45, 2.75) is 32.5 Å². The Balaban J connectivity index is 2.19. The van der Waals surface area contributed by atoms with Crippen LogP contribution in [0.25, 0.3) is 0 Å². The molecule has 0 atom stereocenters. The fraction of sp³-hybridized carbons (Fsp3) is 0.333. The van der Waals surface area contributed by atoms with Crippen LogP contribution in [0.5, 0.6) is 11.5 Å². The van der Waals surface area contributed by atoms with Gasteiger partial charge in [0.15, 0.2) is 11.5 Å². The van der Waals surface area contributed by atoms with Gasteiger partial charge in [-0.15, -0.1) is 5.73 Å². The third-order valence-corrected chi connectivity index (χ3v) is 3.11. The number of carbonyl (C=O) groups is 1. The monoisotopic (exact) mass is 259 g/mol. The summed E-state index contributed by atoms with van der Waals surface area (Å²) in [6.45, 7) is 7.40. The molecular weight excluding hydrogens is 242 g/mol. The summed E-state index contributed by atoms with van der Waals surface area (Å²) in [5.41, 5.74) is 3.08. The van der Waals surface area contributed by atoms with Crippen LogP contribution in [0.3, 0.4) is 0 Å². The van der Waals surface area contributed by atoms with Crippen molar-refractivity contribution in [2.24, 2.45) is 0 Å². The van der Waals surface area contributed by atoms with Gasteiger partial charge in [-0.25, -0.2) is 0 Å². The number of hydrogen-bond donors (Lipinski definition) is 1. The molecule has 0 saturated carbocycles. The average molecular weight is 259 g/mol. The minimum absolute atomic E-state index is 0.272. The van der Waals surface area contributed by atoms with E-state index in [1.54, 1.807) is 18.2 Å². The third kappa shape index (κ3) is 2.64. The smallest absolute Gasteiger partial charge is 0.256 e. The standard InChI is InChI=1S/C15H17NO3/c1-4-7-14(17)16-11-8-9-12-13(10-11)19-15(5-2,6-3)18-12/h7-10H,1,5-6H2,2-3H3,(H,16,17). The molecule has 2 rings (SSSR count). The number of amides is 1. The molecule has 0 spiro atoms. The van der Waals surface area contributed by atoms with Gasteiger partial charge in [-0.05, 0) is 12.1 Å². The van der Waals surface area contributed by atoms with Gasteiger partial charge in [0.2, 0.25) is 0 Å². The summed E-state index contributed by atoms with van der Waals surface area (Å²) in [6, 6.07) is 5.34. The predicted molar refractivity (Wildman–Crippen MR) is 73.4 cm³/mol. The number of rotatable bonds is 4. The first kappa shape index (κ1) is 13.2. The number of fused-ring (bicyclic) bond motifs is 1. The van der Waals surface area contributed by atoms with Gasteiger partial charge in [0.05, 0.1) is 0 Å². The van der Waals surface area contributed by atoms with Crippen LogP contribution in [0.4, 0.5) is 5.69 Å². The zero-order chi connectivity index (χ0) is 13.9. The molecule has 0 unspecified atom stereocenters. The Hall–Kier alpha value is -2.19. The molecule has 0 saturated heterocycles. The summed E-state index contributed by atoms with van der Waals surface area (Å²) in [5, 5.41) is 2.70. The van der Waals surface area contributed by atoms with Crippen molar-refractivity contribution >= 4 is 11.6 Å². The van der Waals surface area contributed by atoms with Crippen LogP contribution in [0.2, 0.25) is 0 Å². The largest absolute Gasteiger partial charge is 0.448 e. The molecule has 0 aliphatic carbocycles. The summed E-state index contributed by atoms with van der Waals surface area (Å²) >= 11 is 0. The Morgan fingerprint density at radius 2 is 2.05 bits per heavy atom. The van der Waals surface area contributed by atoms with Crippen molar-refractivity contribution in [1.29, 1.82) is 0 Å². The number of anilines is 1. The van der Waals surface area contributed by atoms with Gasteiger partial charge in [-0.3, -0.25) is 4.79 Å². The van der Waals surface area contributed by atoms with E-state index in [1.165, 1.54) is 6.08 Å². The van der Waals surface area contributed by atoms with Gasteiger partial charge in [-0.1, -0.05) is 20.4 Å². The Labute approximate surface area is 112 Å². The second kappa shape index (κ2) is 5.21. The highest BCUT2D eigenvalue weighted by atomic mass is 16.7. The molecule has 0 bridgehead atoms. The van der Waals surface area contributed by atoms with Gasteiger partial charge in [0.25, 0.3) is 11.7 Å². The van der Waals surface area contributed by atoms with Crippen LogP contribution in [-0.2, 0) is 4.79 Å². The fourth-order valence-corrected chi connectivity index (χ4v) is 1.98. The highest BCUT2D eigenvalue weighted by Gasteiger charge is 2.38. The fourth-order valence-electron chi connectivity index (χ4n) is 1.98. The van der Waals surface area contributed by atoms with E-state index in [2.05, 4.69) is 17.6 Å². The highest BCUT2D eigenvalue weighted by molar-refractivity contribution is 5.99. The van der Waals surface area contributed by atoms with Crippen LogP contribution in [-0.4, -0.2) is 11.7 Å². The number of nitrogens with one attached hydrogen (secondary N) is 1. The Kier molecular flexibility index (Phi) is 3.63. The second-order valence-corrected chi connectivity index (χ2v) is 4.32. The molecule has 1 amide bonds. The quantitative estimate of drug-likeness (QED) is 0.667. The molecule has 4 heteroatoms. The molecular formula is C15H17NO3. The maximum absolute atomic E-state index is 11.4. The summed E-state index contributed by atoms with van der Waals surface area (Å²) in [7, 11) is 0. The molecule has 1 heterocycles. The average Bonchev–Trinajstić information content (AvgIpc) is 2.77. The maximum Gasteiger partial charge on any atom is 0.256 e. The number of carbonyl (C=O) groups excluding carboxylic acids is 1. The van der Waals surface area contributed by atoms with E-state index >= 15 is 0 Å². The molecule has 100 valence electrons. The van der Waals surface area contributed by atoms with Gasteiger partial charge in [0, 0.05) is 30.7 Å². The van der Waals surface area contributed by atoms with E-state index in [1.807, 2.05) is 13.8 Å². The third-order valence-electron chi connectivity index (χ3n) is 3.11. The molecule has 1 aromatic carbocycles. The van der Waals surface area contributed by atoms with Crippen molar-refractivity contribution in [3.63, 3.8) is 0 Å². The highest BCUT2D eigenvalue weighted by Crippen LogP contribution is 2.43. The van der Waals surface area contributed by atoms with Crippen molar-refractivity contribution in [1.82, 2.24) is 0 Å². The molecule has 4 nitrogen and oxygen atoms in total. The topological polar surface area (TPSA) is 47.6 Å². The van der Waals surface area contributed by atoms with E-state index in [9.17, 15) is 4.79 Å². The lowest BCUT2D eigenvalue weighted by atomic mass is 10.1. The van der Waals surface area contributed by atoms with Crippen LogP contribution in [0.1, 0.15) is 26.7 Å². The van der Waals surface area contributed by atoms with Crippen molar-refractivity contribution < 1.29 is 14.3 Å². The normalized spacial score (nSPS) is 14.6. The van der Waals surface area contributed by atoms with Crippen LogP contribution in [0.15, 0.2) is 36.6 Å². The van der Waals surface area contributed by atoms with Crippen molar-refractivity contribution in [3.05, 3.63) is 36.6 Å². The molecule has 1 aromatic rings. The van der Waals surface area contributed by atoms with E-state index in [-0.39, 0.29) is 5.91 Å². The van der Waals surface area contributed by atoms with Crippen molar-refractivity contribution in [2.75, 3.05) is 5.32 Å². The SMILES string of the molecule is C=C=CC(=O)Nc1ccc2c(c1)OC(CC)(CC)O2. The van der Waals surface area contributed by atoms with Gasteiger partial charge < -0.3 is 14.8 Å². The predicted octanol–water partition coefficient (Wildman–Crippen LogP) is 3.25. The van der Waals surface area contributed by atoms with E-state index in [4.69, 9.17) is 9.47 Å². The number of benzene rings is 1. The minimum atomic E-state index is -0.577. The summed E-state index contributed by atoms with van der Waals surface area (Å²) < 4.78 is 11.7. The molecule has 0 fully saturated rings. The van der Waals surface area contributed by atoms with Crippen LogP contribution in [0, 0.1) is 0 Å². The van der Waals surface area contributed by atoms with E-state index in [0.717, 1.165) is 12.8 Å². The maximum atomic E-state index is 11.4. The Bertz CT molecular complexity index is 540. The zero-order valence-corrected chi connectivity index (χ0v) is 11.2. The summed E-state index contributed by atoms with van der Waals surface area (Å²) in [6.07, 6.45) is 2.77. The first-order chi connectivity index (χ1) is 9.12. The lowest BCUT2D eigenvalue weighted by Crippen LogP contribution is -2.36. The minimum Gasteiger partial charge on any atom is -0.448 e. The molecule has 1 N–H and O–H groups in total. The first-order valence-corrected chi connectivity index (χ1v) is 6.31. The van der Waals surface area contributed by atoms with Crippen LogP contribution >= 0.6 is 0 Å². The molecule has 1 aliphatic rings. The van der Waals surface area contributed by atoms with Crippen molar-refractivity contribution in [3.8, 4) is 11.5 Å². The van der Waals surface area contributed by atoms with E-state index in [0.29, 0.717) is 17.2 Å². The molecule has 1 aliphatic heterocycles. The lowest BCUT2D eigenvalue weighted by Gasteiger charge is -2.24. The second-order valence-electron chi connectivity index (χ2n) is 4.32. The van der Waals surface area contributed by atoms with E-state index < -0.39 is 5.79 Å². The lowest BCUT2D eigenvalue weighted by molar-refractivity contribution is -0.111. The Morgan fingerprint density at radius 3 is 2.68 bits per heavy atom. The number of ether oxygens (including phenoxy) is 2. The first-order valence-electron chi connectivity index (χ1n) is 6.31. The Morgan fingerprint density at radius 1 is 1.37 bits per heavy atom. The molecule has 0 aromatic heterocycles.